The van der Waals surface area contributed by atoms with E-state index in [4.69, 9.17) is 5.53 Å². The number of azide groups is 1. The van der Waals surface area contributed by atoms with Crippen LogP contribution < -0.4 is 0 Å². The average molecular weight is 198 g/mol. The highest BCUT2D eigenvalue weighted by molar-refractivity contribution is 4.77. The molecule has 0 spiro atoms. The number of hydrogen-bond acceptors (Lipinski definition) is 2. The van der Waals surface area contributed by atoms with Crippen molar-refractivity contribution in [3.63, 3.8) is 0 Å². The van der Waals surface area contributed by atoms with Gasteiger partial charge in [-0.05, 0) is 37.9 Å². The first-order valence-corrected chi connectivity index (χ1v) is 5.10. The Labute approximate surface area is 86.9 Å². The highest BCUT2D eigenvalue weighted by atomic mass is 15.1. The summed E-state index contributed by atoms with van der Waals surface area (Å²) in [5.41, 5.74) is 8.41. The molecule has 1 atom stereocenters. The Hall–Kier alpha value is -0.730. The van der Waals surface area contributed by atoms with Crippen LogP contribution in [0.25, 0.3) is 10.4 Å². The quantitative estimate of drug-likeness (QED) is 0.290. The lowest BCUT2D eigenvalue weighted by Gasteiger charge is -2.35. The van der Waals surface area contributed by atoms with E-state index in [-0.39, 0.29) is 0 Å². The van der Waals surface area contributed by atoms with E-state index in [1.165, 1.54) is 0 Å². The largest absolute Gasteiger partial charge is 0.303 e. The van der Waals surface area contributed by atoms with Gasteiger partial charge in [0.05, 0.1) is 0 Å². The normalized spacial score (nSPS) is 13.9. The molecule has 82 valence electrons. The number of hydrogen-bond donors (Lipinski definition) is 0. The van der Waals surface area contributed by atoms with E-state index < -0.39 is 0 Å². The van der Waals surface area contributed by atoms with Crippen molar-refractivity contribution in [1.29, 1.82) is 0 Å². The van der Waals surface area contributed by atoms with Crippen LogP contribution in [-0.4, -0.2) is 31.1 Å². The Morgan fingerprint density at radius 1 is 1.43 bits per heavy atom. The monoisotopic (exact) mass is 198 g/mol. The molecule has 0 saturated carbocycles. The van der Waals surface area contributed by atoms with Crippen molar-refractivity contribution in [2.75, 3.05) is 20.1 Å². The minimum absolute atomic E-state index is 0.299. The van der Waals surface area contributed by atoms with Crippen LogP contribution in [0.2, 0.25) is 0 Å². The molecular weight excluding hydrogens is 176 g/mol. The first kappa shape index (κ1) is 13.3. The third kappa shape index (κ3) is 5.10. The van der Waals surface area contributed by atoms with Crippen LogP contribution in [0.3, 0.4) is 0 Å². The van der Waals surface area contributed by atoms with Crippen molar-refractivity contribution in [2.45, 2.75) is 40.2 Å². The van der Waals surface area contributed by atoms with Crippen LogP contribution in [0.15, 0.2) is 5.11 Å². The molecule has 4 nitrogen and oxygen atoms in total. The third-order valence-electron chi connectivity index (χ3n) is 2.75. The summed E-state index contributed by atoms with van der Waals surface area (Å²) in [6.07, 6.45) is 0.932. The molecule has 0 aromatic carbocycles. The zero-order valence-corrected chi connectivity index (χ0v) is 9.99. The molecule has 1 unspecified atom stereocenters. The molecule has 4 heteroatoms. The fourth-order valence-corrected chi connectivity index (χ4v) is 1.29. The molecule has 0 amide bonds. The van der Waals surface area contributed by atoms with Crippen LogP contribution >= 0.6 is 0 Å². The number of nitrogens with zero attached hydrogens (tertiary/aromatic N) is 4. The van der Waals surface area contributed by atoms with Gasteiger partial charge < -0.3 is 4.90 Å². The molecule has 0 fully saturated rings. The maximum absolute atomic E-state index is 8.11. The van der Waals surface area contributed by atoms with Gasteiger partial charge in [-0.25, -0.2) is 0 Å². The smallest absolute Gasteiger partial charge is 0.0270 e. The van der Waals surface area contributed by atoms with Crippen molar-refractivity contribution in [3.8, 4) is 0 Å². The Morgan fingerprint density at radius 2 is 2.00 bits per heavy atom. The summed E-state index contributed by atoms with van der Waals surface area (Å²) in [6, 6.07) is 0.536. The molecule has 0 aliphatic rings. The summed E-state index contributed by atoms with van der Waals surface area (Å²) in [5, 5.41) is 3.52. The van der Waals surface area contributed by atoms with Gasteiger partial charge in [0.2, 0.25) is 0 Å². The van der Waals surface area contributed by atoms with Crippen molar-refractivity contribution < 1.29 is 0 Å². The average Bonchev–Trinajstić information content (AvgIpc) is 2.09. The summed E-state index contributed by atoms with van der Waals surface area (Å²) in [7, 11) is 2.12. The summed E-state index contributed by atoms with van der Waals surface area (Å²) >= 11 is 0. The lowest BCUT2D eigenvalue weighted by atomic mass is 9.87. The van der Waals surface area contributed by atoms with Gasteiger partial charge in [0.25, 0.3) is 0 Å². The van der Waals surface area contributed by atoms with E-state index in [1.807, 2.05) is 0 Å². The van der Waals surface area contributed by atoms with E-state index >= 15 is 0 Å². The fraction of sp³-hybridized carbons (Fsp3) is 1.00. The molecule has 0 rings (SSSR count). The maximum Gasteiger partial charge on any atom is 0.0270 e. The predicted molar refractivity (Wildman–Crippen MR) is 60.2 cm³/mol. The molecule has 0 N–H and O–H groups in total. The van der Waals surface area contributed by atoms with E-state index in [0.29, 0.717) is 18.0 Å². The van der Waals surface area contributed by atoms with Crippen molar-refractivity contribution in [3.05, 3.63) is 10.4 Å². The van der Waals surface area contributed by atoms with Gasteiger partial charge in [0.15, 0.2) is 0 Å². The van der Waals surface area contributed by atoms with Gasteiger partial charge in [-0.3, -0.25) is 0 Å². The zero-order valence-electron chi connectivity index (χ0n) is 9.99. The lowest BCUT2D eigenvalue weighted by molar-refractivity contribution is 0.140. The predicted octanol–water partition coefficient (Wildman–Crippen LogP) is 3.05. The summed E-state index contributed by atoms with van der Waals surface area (Å²) in [6.45, 7) is 10.5. The molecule has 0 aliphatic carbocycles. The maximum atomic E-state index is 8.11. The second kappa shape index (κ2) is 5.89. The standard InChI is InChI=1S/C10H22N4/c1-9(10(2,3)4)14(5)8-6-7-12-13-11/h9H,6-8H2,1-5H3. The van der Waals surface area contributed by atoms with Gasteiger partial charge >= 0.3 is 0 Å². The zero-order chi connectivity index (χ0) is 11.2. The molecule has 14 heavy (non-hydrogen) atoms. The Kier molecular flexibility index (Phi) is 5.58. The van der Waals surface area contributed by atoms with Crippen molar-refractivity contribution in [1.82, 2.24) is 4.90 Å². The first-order chi connectivity index (χ1) is 6.39. The van der Waals surface area contributed by atoms with Crippen LogP contribution in [-0.2, 0) is 0 Å². The van der Waals surface area contributed by atoms with Gasteiger partial charge in [-0.15, -0.1) is 0 Å². The Bertz CT molecular complexity index is 201. The Balaban J connectivity index is 3.84. The van der Waals surface area contributed by atoms with Crippen molar-refractivity contribution >= 4 is 0 Å². The van der Waals surface area contributed by atoms with E-state index in [0.717, 1.165) is 13.0 Å². The van der Waals surface area contributed by atoms with E-state index in [1.54, 1.807) is 0 Å². The highest BCUT2D eigenvalue weighted by Gasteiger charge is 2.22. The molecule has 0 aromatic heterocycles. The highest BCUT2D eigenvalue weighted by Crippen LogP contribution is 2.22. The van der Waals surface area contributed by atoms with Gasteiger partial charge in [-0.1, -0.05) is 25.9 Å². The second-order valence-electron chi connectivity index (χ2n) is 4.83. The van der Waals surface area contributed by atoms with Crippen molar-refractivity contribution in [2.24, 2.45) is 10.5 Å². The number of rotatable bonds is 5. The lowest BCUT2D eigenvalue weighted by Crippen LogP contribution is -2.39. The summed E-state index contributed by atoms with van der Waals surface area (Å²) in [4.78, 5) is 5.05. The molecule has 0 saturated heterocycles. The van der Waals surface area contributed by atoms with Gasteiger partial charge in [0, 0.05) is 17.5 Å². The van der Waals surface area contributed by atoms with E-state index in [9.17, 15) is 0 Å². The molecule has 0 heterocycles. The molecular formula is C10H22N4. The fourth-order valence-electron chi connectivity index (χ4n) is 1.29. The van der Waals surface area contributed by atoms with Crippen LogP contribution in [0.1, 0.15) is 34.1 Å². The third-order valence-corrected chi connectivity index (χ3v) is 2.75. The second-order valence-corrected chi connectivity index (χ2v) is 4.83. The van der Waals surface area contributed by atoms with Crippen LogP contribution in [0.5, 0.6) is 0 Å². The van der Waals surface area contributed by atoms with E-state index in [2.05, 4.69) is 49.7 Å². The van der Waals surface area contributed by atoms with Crippen LogP contribution in [0.4, 0.5) is 0 Å². The first-order valence-electron chi connectivity index (χ1n) is 5.10. The summed E-state index contributed by atoms with van der Waals surface area (Å²) in [5.74, 6) is 0. The molecule has 0 bridgehead atoms. The van der Waals surface area contributed by atoms with Gasteiger partial charge in [-0.2, -0.15) is 0 Å². The topological polar surface area (TPSA) is 52.0 Å². The van der Waals surface area contributed by atoms with Gasteiger partial charge in [0.1, 0.15) is 0 Å². The minimum atomic E-state index is 0.299. The molecule has 0 radical (unpaired) electrons. The SMILES string of the molecule is CC(N(C)CCCN=[N+]=[N-])C(C)(C)C. The molecule has 0 aliphatic heterocycles. The summed E-state index contributed by atoms with van der Waals surface area (Å²) < 4.78 is 0. The minimum Gasteiger partial charge on any atom is -0.303 e. The van der Waals surface area contributed by atoms with Crippen LogP contribution in [0, 0.1) is 5.41 Å². The Morgan fingerprint density at radius 3 is 2.43 bits per heavy atom. The molecule has 0 aromatic rings.